The third kappa shape index (κ3) is 2.53. The van der Waals surface area contributed by atoms with Gasteiger partial charge < -0.3 is 10.6 Å². The van der Waals surface area contributed by atoms with Crippen molar-refractivity contribution in [1.82, 2.24) is 5.32 Å². The van der Waals surface area contributed by atoms with Crippen LogP contribution in [0.25, 0.3) is 0 Å². The number of nitrogens with one attached hydrogen (secondary N) is 2. The average Bonchev–Trinajstić information content (AvgIpc) is 3.09. The van der Waals surface area contributed by atoms with E-state index < -0.39 is 11.6 Å². The third-order valence-electron chi connectivity index (χ3n) is 4.80. The van der Waals surface area contributed by atoms with Crippen molar-refractivity contribution in [3.8, 4) is 0 Å². The molecular formula is C16H22F2N2. The van der Waals surface area contributed by atoms with Crippen LogP contribution >= 0.6 is 0 Å². The number of halogens is 2. The highest BCUT2D eigenvalue weighted by atomic mass is 19.1. The first-order chi connectivity index (χ1) is 9.66. The van der Waals surface area contributed by atoms with E-state index in [2.05, 4.69) is 10.6 Å². The van der Waals surface area contributed by atoms with E-state index in [-0.39, 0.29) is 11.7 Å². The molecule has 1 saturated heterocycles. The Hall–Kier alpha value is -1.16. The molecule has 0 bridgehead atoms. The predicted molar refractivity (Wildman–Crippen MR) is 76.9 cm³/mol. The van der Waals surface area contributed by atoms with Crippen LogP contribution in [0.15, 0.2) is 12.1 Å². The van der Waals surface area contributed by atoms with Crippen molar-refractivity contribution >= 4 is 5.69 Å². The fourth-order valence-corrected chi connectivity index (χ4v) is 3.70. The van der Waals surface area contributed by atoms with Crippen molar-refractivity contribution < 1.29 is 8.78 Å². The quantitative estimate of drug-likeness (QED) is 0.884. The molecule has 1 aromatic carbocycles. The summed E-state index contributed by atoms with van der Waals surface area (Å²) in [5.74, 6) is -0.454. The van der Waals surface area contributed by atoms with Gasteiger partial charge >= 0.3 is 0 Å². The minimum atomic E-state index is -0.488. The standard InChI is InChI=1S/C16H22F2N2/c1-10-7-8-12(17)16(15(10)18)20-14-5-2-4-11(14)13-6-3-9-19-13/h7-8,11,13-14,19-20H,2-6,9H2,1H3. The topological polar surface area (TPSA) is 24.1 Å². The van der Waals surface area contributed by atoms with Gasteiger partial charge in [0.2, 0.25) is 0 Å². The lowest BCUT2D eigenvalue weighted by Gasteiger charge is -2.27. The first-order valence-corrected chi connectivity index (χ1v) is 7.61. The first-order valence-electron chi connectivity index (χ1n) is 7.61. The molecule has 2 aliphatic rings. The molecule has 0 amide bonds. The maximum absolute atomic E-state index is 14.1. The minimum Gasteiger partial charge on any atom is -0.377 e. The van der Waals surface area contributed by atoms with Crippen LogP contribution in [0.5, 0.6) is 0 Å². The van der Waals surface area contributed by atoms with Gasteiger partial charge in [-0.3, -0.25) is 0 Å². The van der Waals surface area contributed by atoms with Crippen molar-refractivity contribution in [1.29, 1.82) is 0 Å². The van der Waals surface area contributed by atoms with Gasteiger partial charge in [0.1, 0.15) is 11.5 Å². The van der Waals surface area contributed by atoms with Gasteiger partial charge in [0.25, 0.3) is 0 Å². The summed E-state index contributed by atoms with van der Waals surface area (Å²) in [7, 11) is 0. The lowest BCUT2D eigenvalue weighted by Crippen LogP contribution is -2.38. The molecule has 1 aromatic rings. The van der Waals surface area contributed by atoms with Gasteiger partial charge in [-0.2, -0.15) is 0 Å². The summed E-state index contributed by atoms with van der Waals surface area (Å²) in [6.07, 6.45) is 5.66. The van der Waals surface area contributed by atoms with Crippen LogP contribution in [0.2, 0.25) is 0 Å². The van der Waals surface area contributed by atoms with E-state index in [1.54, 1.807) is 6.92 Å². The molecule has 1 heterocycles. The molecule has 0 aromatic heterocycles. The van der Waals surface area contributed by atoms with Gasteiger partial charge in [-0.1, -0.05) is 12.5 Å². The van der Waals surface area contributed by atoms with Crippen LogP contribution in [-0.4, -0.2) is 18.6 Å². The maximum Gasteiger partial charge on any atom is 0.152 e. The van der Waals surface area contributed by atoms with Crippen molar-refractivity contribution in [2.24, 2.45) is 5.92 Å². The smallest absolute Gasteiger partial charge is 0.152 e. The van der Waals surface area contributed by atoms with Crippen molar-refractivity contribution in [3.05, 3.63) is 29.3 Å². The number of aryl methyl sites for hydroxylation is 1. The lowest BCUT2D eigenvalue weighted by molar-refractivity contribution is 0.374. The van der Waals surface area contributed by atoms with Crippen LogP contribution in [-0.2, 0) is 0 Å². The highest BCUT2D eigenvalue weighted by molar-refractivity contribution is 5.50. The molecule has 3 atom stereocenters. The molecule has 110 valence electrons. The zero-order chi connectivity index (χ0) is 14.1. The Kier molecular flexibility index (Phi) is 3.92. The molecule has 2 nitrogen and oxygen atoms in total. The van der Waals surface area contributed by atoms with Gasteiger partial charge in [-0.25, -0.2) is 8.78 Å². The van der Waals surface area contributed by atoms with Gasteiger partial charge in [0, 0.05) is 12.1 Å². The SMILES string of the molecule is Cc1ccc(F)c(NC2CCCC2C2CCCN2)c1F. The van der Waals surface area contributed by atoms with E-state index in [1.165, 1.54) is 25.0 Å². The maximum atomic E-state index is 14.1. The summed E-state index contributed by atoms with van der Waals surface area (Å²) in [4.78, 5) is 0. The number of rotatable bonds is 3. The molecule has 1 saturated carbocycles. The second-order valence-corrected chi connectivity index (χ2v) is 6.10. The summed E-state index contributed by atoms with van der Waals surface area (Å²) < 4.78 is 28.0. The molecule has 0 radical (unpaired) electrons. The Bertz CT molecular complexity index is 484. The molecule has 1 aliphatic carbocycles. The van der Waals surface area contributed by atoms with E-state index in [0.29, 0.717) is 17.5 Å². The number of benzene rings is 1. The molecule has 20 heavy (non-hydrogen) atoms. The van der Waals surface area contributed by atoms with E-state index in [9.17, 15) is 8.78 Å². The van der Waals surface area contributed by atoms with Crippen molar-refractivity contribution in [3.63, 3.8) is 0 Å². The Balaban J connectivity index is 1.78. The molecule has 3 unspecified atom stereocenters. The number of hydrogen-bond acceptors (Lipinski definition) is 2. The molecule has 1 aliphatic heterocycles. The van der Waals surface area contributed by atoms with E-state index in [4.69, 9.17) is 0 Å². The van der Waals surface area contributed by atoms with Crippen LogP contribution in [0.3, 0.4) is 0 Å². The monoisotopic (exact) mass is 280 g/mol. The second-order valence-electron chi connectivity index (χ2n) is 6.10. The summed E-state index contributed by atoms with van der Waals surface area (Å²) in [6.45, 7) is 2.74. The predicted octanol–water partition coefficient (Wildman–Crippen LogP) is 3.61. The largest absolute Gasteiger partial charge is 0.377 e. The van der Waals surface area contributed by atoms with Crippen LogP contribution in [0.1, 0.15) is 37.7 Å². The Morgan fingerprint density at radius 1 is 1.15 bits per heavy atom. The summed E-state index contributed by atoms with van der Waals surface area (Å²) in [5.41, 5.74) is 0.544. The van der Waals surface area contributed by atoms with E-state index in [1.807, 2.05) is 0 Å². The summed E-state index contributed by atoms with van der Waals surface area (Å²) in [5, 5.41) is 6.68. The van der Waals surface area contributed by atoms with E-state index >= 15 is 0 Å². The lowest BCUT2D eigenvalue weighted by atomic mass is 9.93. The van der Waals surface area contributed by atoms with Gasteiger partial charge in [-0.15, -0.1) is 0 Å². The average molecular weight is 280 g/mol. The van der Waals surface area contributed by atoms with Crippen molar-refractivity contribution in [2.75, 3.05) is 11.9 Å². The zero-order valence-electron chi connectivity index (χ0n) is 11.9. The van der Waals surface area contributed by atoms with Crippen LogP contribution < -0.4 is 10.6 Å². The normalized spacial score (nSPS) is 29.9. The van der Waals surface area contributed by atoms with Gasteiger partial charge in [-0.05, 0) is 56.7 Å². The molecular weight excluding hydrogens is 258 g/mol. The Labute approximate surface area is 118 Å². The first kappa shape index (κ1) is 13.8. The van der Waals surface area contributed by atoms with Crippen molar-refractivity contribution in [2.45, 2.75) is 51.1 Å². The minimum absolute atomic E-state index is 0.0555. The van der Waals surface area contributed by atoms with Gasteiger partial charge in [0.15, 0.2) is 5.82 Å². The number of anilines is 1. The third-order valence-corrected chi connectivity index (χ3v) is 4.80. The van der Waals surface area contributed by atoms with Crippen LogP contribution in [0, 0.1) is 24.5 Å². The Morgan fingerprint density at radius 3 is 2.75 bits per heavy atom. The van der Waals surface area contributed by atoms with E-state index in [0.717, 1.165) is 25.8 Å². The zero-order valence-corrected chi connectivity index (χ0v) is 11.9. The fraction of sp³-hybridized carbons (Fsp3) is 0.625. The van der Waals surface area contributed by atoms with Crippen LogP contribution in [0.4, 0.5) is 14.5 Å². The Morgan fingerprint density at radius 2 is 2.00 bits per heavy atom. The number of hydrogen-bond donors (Lipinski definition) is 2. The highest BCUT2D eigenvalue weighted by Gasteiger charge is 2.35. The molecule has 3 rings (SSSR count). The highest BCUT2D eigenvalue weighted by Crippen LogP contribution is 2.35. The molecule has 0 spiro atoms. The molecule has 4 heteroatoms. The summed E-state index contributed by atoms with van der Waals surface area (Å²) >= 11 is 0. The van der Waals surface area contributed by atoms with Gasteiger partial charge in [0.05, 0.1) is 0 Å². The molecule has 2 N–H and O–H groups in total. The second kappa shape index (κ2) is 5.68. The fourth-order valence-electron chi connectivity index (χ4n) is 3.70. The summed E-state index contributed by atoms with van der Waals surface area (Å²) in [6, 6.07) is 3.52. The molecule has 2 fully saturated rings.